The second-order valence-electron chi connectivity index (χ2n) is 7.33. The number of benzene rings is 2. The molecule has 2 aromatic heterocycles. The van der Waals surface area contributed by atoms with Gasteiger partial charge in [0.25, 0.3) is 0 Å². The fourth-order valence-electron chi connectivity index (χ4n) is 3.59. The van der Waals surface area contributed by atoms with Crippen LogP contribution >= 0.6 is 0 Å². The highest BCUT2D eigenvalue weighted by atomic mass is 19.4. The number of rotatable bonds is 4. The lowest BCUT2D eigenvalue weighted by Crippen LogP contribution is -2.17. The normalized spacial score (nSPS) is 12.8. The van der Waals surface area contributed by atoms with E-state index in [1.807, 2.05) is 37.3 Å². The summed E-state index contributed by atoms with van der Waals surface area (Å²) in [7, 11) is 0. The molecule has 1 aliphatic rings. The largest absolute Gasteiger partial charge is 0.573 e. The van der Waals surface area contributed by atoms with Gasteiger partial charge in [-0.1, -0.05) is 17.2 Å². The van der Waals surface area contributed by atoms with Crippen molar-refractivity contribution in [1.82, 2.24) is 19.7 Å². The highest BCUT2D eigenvalue weighted by molar-refractivity contribution is 5.75. The Bertz CT molecular complexity index is 1320. The molecular formula is C23H17F3N4O3. The van der Waals surface area contributed by atoms with Crippen molar-refractivity contribution < 1.29 is 27.4 Å². The van der Waals surface area contributed by atoms with E-state index in [1.165, 1.54) is 18.2 Å². The van der Waals surface area contributed by atoms with E-state index in [0.29, 0.717) is 24.7 Å². The number of ether oxygens (including phenoxy) is 3. The van der Waals surface area contributed by atoms with Crippen molar-refractivity contribution in [2.45, 2.75) is 19.8 Å². The number of hydrogen-bond donors (Lipinski definition) is 0. The van der Waals surface area contributed by atoms with Crippen LogP contribution < -0.4 is 14.2 Å². The van der Waals surface area contributed by atoms with Gasteiger partial charge in [-0.25, -0.2) is 0 Å². The van der Waals surface area contributed by atoms with Crippen LogP contribution in [0, 0.1) is 6.92 Å². The maximum absolute atomic E-state index is 12.5. The first-order chi connectivity index (χ1) is 15.9. The summed E-state index contributed by atoms with van der Waals surface area (Å²) in [4.78, 5) is 4.23. The minimum Gasteiger partial charge on any atom is -0.491 e. The molecule has 1 aliphatic heterocycles. The number of nitrogens with zero attached hydrogens (tertiary/aromatic N) is 4. The third-order valence-electron chi connectivity index (χ3n) is 4.99. The Morgan fingerprint density at radius 1 is 0.970 bits per heavy atom. The molecule has 0 saturated heterocycles. The third-order valence-corrected chi connectivity index (χ3v) is 4.99. The van der Waals surface area contributed by atoms with Gasteiger partial charge in [-0.3, -0.25) is 9.55 Å². The first-order valence-corrected chi connectivity index (χ1v) is 10.0. The van der Waals surface area contributed by atoms with Crippen LogP contribution in [0.15, 0.2) is 60.8 Å². The molecule has 7 nitrogen and oxygen atoms in total. The number of aryl methyl sites for hydroxylation is 1. The van der Waals surface area contributed by atoms with Crippen molar-refractivity contribution in [3.63, 3.8) is 0 Å². The lowest BCUT2D eigenvalue weighted by molar-refractivity contribution is -0.274. The molecule has 0 atom stereocenters. The summed E-state index contributed by atoms with van der Waals surface area (Å²) in [5, 5.41) is 8.39. The first kappa shape index (κ1) is 20.8. The van der Waals surface area contributed by atoms with E-state index in [0.717, 1.165) is 28.5 Å². The van der Waals surface area contributed by atoms with Crippen LogP contribution in [0.1, 0.15) is 5.69 Å². The summed E-state index contributed by atoms with van der Waals surface area (Å²) in [6.45, 7) is 2.67. The van der Waals surface area contributed by atoms with Crippen LogP contribution in [0.25, 0.3) is 22.5 Å². The van der Waals surface area contributed by atoms with Crippen molar-refractivity contribution in [3.8, 4) is 45.8 Å². The SMILES string of the molecule is Cc1cc(-c2ccc3c(c2)-c2nnc(Oc4cccc(OC(F)(F)F)c4)n2CCO3)ccn1. The van der Waals surface area contributed by atoms with Crippen molar-refractivity contribution in [2.75, 3.05) is 6.61 Å². The van der Waals surface area contributed by atoms with E-state index in [1.54, 1.807) is 10.8 Å². The first-order valence-electron chi connectivity index (χ1n) is 10.0. The number of alkyl halides is 3. The standard InChI is InChI=1S/C23H17F3N4O3/c1-14-11-16(7-8-27-14)15-5-6-20-19(12-15)21-28-29-22(30(21)9-10-31-20)32-17-3-2-4-18(13-17)33-23(24,25)26/h2-8,11-13H,9-10H2,1H3. The predicted molar refractivity (Wildman–Crippen MR) is 112 cm³/mol. The molecule has 4 aromatic rings. The second-order valence-corrected chi connectivity index (χ2v) is 7.33. The fourth-order valence-corrected chi connectivity index (χ4v) is 3.59. The molecule has 0 radical (unpaired) electrons. The zero-order valence-corrected chi connectivity index (χ0v) is 17.3. The van der Waals surface area contributed by atoms with E-state index in [9.17, 15) is 13.2 Å². The highest BCUT2D eigenvalue weighted by Crippen LogP contribution is 2.37. The van der Waals surface area contributed by atoms with Crippen LogP contribution in [0.3, 0.4) is 0 Å². The summed E-state index contributed by atoms with van der Waals surface area (Å²) in [5.41, 5.74) is 3.59. The molecule has 0 fully saturated rings. The molecule has 2 aromatic carbocycles. The number of aromatic nitrogens is 4. The van der Waals surface area contributed by atoms with Gasteiger partial charge < -0.3 is 14.2 Å². The highest BCUT2D eigenvalue weighted by Gasteiger charge is 2.31. The predicted octanol–water partition coefficient (Wildman–Crippen LogP) is 5.40. The Morgan fingerprint density at radius 2 is 1.79 bits per heavy atom. The van der Waals surface area contributed by atoms with Gasteiger partial charge in [-0.2, -0.15) is 0 Å². The molecule has 168 valence electrons. The van der Waals surface area contributed by atoms with Crippen molar-refractivity contribution in [1.29, 1.82) is 0 Å². The topological polar surface area (TPSA) is 71.3 Å². The number of halogens is 3. The van der Waals surface area contributed by atoms with Gasteiger partial charge in [-0.15, -0.1) is 18.3 Å². The van der Waals surface area contributed by atoms with E-state index < -0.39 is 6.36 Å². The molecule has 0 saturated carbocycles. The van der Waals surface area contributed by atoms with Gasteiger partial charge in [0.05, 0.1) is 12.1 Å². The van der Waals surface area contributed by atoms with E-state index >= 15 is 0 Å². The van der Waals surface area contributed by atoms with Gasteiger partial charge in [0.15, 0.2) is 5.82 Å². The maximum Gasteiger partial charge on any atom is 0.573 e. The van der Waals surface area contributed by atoms with Crippen LogP contribution in [0.5, 0.6) is 23.3 Å². The summed E-state index contributed by atoms with van der Waals surface area (Å²) in [6.07, 6.45) is -3.05. The van der Waals surface area contributed by atoms with E-state index in [2.05, 4.69) is 19.9 Å². The monoisotopic (exact) mass is 454 g/mol. The third kappa shape index (κ3) is 4.45. The van der Waals surface area contributed by atoms with Gasteiger partial charge in [0.1, 0.15) is 23.9 Å². The lowest BCUT2D eigenvalue weighted by atomic mass is 10.0. The van der Waals surface area contributed by atoms with Crippen LogP contribution in [0.4, 0.5) is 13.2 Å². The Kier molecular flexibility index (Phi) is 5.12. The maximum atomic E-state index is 12.5. The zero-order valence-electron chi connectivity index (χ0n) is 17.3. The molecular weight excluding hydrogens is 437 g/mol. The zero-order chi connectivity index (χ0) is 23.0. The summed E-state index contributed by atoms with van der Waals surface area (Å²) in [5.74, 6) is 0.940. The lowest BCUT2D eigenvalue weighted by Gasteiger charge is -2.11. The van der Waals surface area contributed by atoms with Crippen LogP contribution in [-0.4, -0.2) is 32.7 Å². The van der Waals surface area contributed by atoms with E-state index in [-0.39, 0.29) is 17.5 Å². The molecule has 10 heteroatoms. The minimum absolute atomic E-state index is 0.135. The molecule has 0 aliphatic carbocycles. The molecule has 0 bridgehead atoms. The molecule has 0 spiro atoms. The molecule has 0 unspecified atom stereocenters. The molecule has 0 amide bonds. The molecule has 5 rings (SSSR count). The van der Waals surface area contributed by atoms with Crippen molar-refractivity contribution >= 4 is 0 Å². The average molecular weight is 454 g/mol. The van der Waals surface area contributed by atoms with Crippen LogP contribution in [-0.2, 0) is 6.54 Å². The average Bonchev–Trinajstić information content (AvgIpc) is 3.05. The van der Waals surface area contributed by atoms with Gasteiger partial charge in [0.2, 0.25) is 0 Å². The quantitative estimate of drug-likeness (QED) is 0.411. The van der Waals surface area contributed by atoms with Crippen molar-refractivity contribution in [2.24, 2.45) is 0 Å². The molecule has 0 N–H and O–H groups in total. The number of fused-ring (bicyclic) bond motifs is 3. The second kappa shape index (κ2) is 8.12. The van der Waals surface area contributed by atoms with Gasteiger partial charge >= 0.3 is 12.4 Å². The Hall–Kier alpha value is -4.08. The fraction of sp³-hybridized carbons (Fsp3) is 0.174. The Morgan fingerprint density at radius 3 is 2.61 bits per heavy atom. The molecule has 33 heavy (non-hydrogen) atoms. The smallest absolute Gasteiger partial charge is 0.491 e. The summed E-state index contributed by atoms with van der Waals surface area (Å²) < 4.78 is 54.9. The Balaban J connectivity index is 1.49. The van der Waals surface area contributed by atoms with Gasteiger partial charge in [0, 0.05) is 18.0 Å². The number of hydrogen-bond acceptors (Lipinski definition) is 6. The summed E-state index contributed by atoms with van der Waals surface area (Å²) in [6, 6.07) is 15.1. The minimum atomic E-state index is -4.79. The number of pyridine rings is 1. The van der Waals surface area contributed by atoms with E-state index in [4.69, 9.17) is 9.47 Å². The summed E-state index contributed by atoms with van der Waals surface area (Å²) >= 11 is 0. The van der Waals surface area contributed by atoms with Crippen molar-refractivity contribution in [3.05, 3.63) is 66.5 Å². The molecule has 3 heterocycles. The Labute approximate surface area is 186 Å². The van der Waals surface area contributed by atoms with Gasteiger partial charge in [-0.05, 0) is 54.4 Å². The van der Waals surface area contributed by atoms with Crippen LogP contribution in [0.2, 0.25) is 0 Å².